The van der Waals surface area contributed by atoms with Crippen molar-refractivity contribution in [1.82, 2.24) is 4.57 Å². The number of para-hydroxylation sites is 5. The van der Waals surface area contributed by atoms with Crippen LogP contribution < -0.4 is 10.1 Å². The number of nitrogens with one attached hydrogen (secondary N) is 1. The van der Waals surface area contributed by atoms with Crippen LogP contribution in [0.25, 0.3) is 38.6 Å². The molecule has 1 atom stereocenters. The zero-order valence-corrected chi connectivity index (χ0v) is 21.5. The predicted octanol–water partition coefficient (Wildman–Crippen LogP) is 9.31. The first-order valence-corrected chi connectivity index (χ1v) is 13.8. The van der Waals surface area contributed by atoms with Gasteiger partial charge >= 0.3 is 0 Å². The summed E-state index contributed by atoms with van der Waals surface area (Å²) in [5.41, 5.74) is 12.9. The second kappa shape index (κ2) is 7.02. The van der Waals surface area contributed by atoms with E-state index in [9.17, 15) is 0 Å². The quantitative estimate of drug-likeness (QED) is 0.220. The van der Waals surface area contributed by atoms with Crippen LogP contribution in [0.3, 0.4) is 0 Å². The second-order valence-corrected chi connectivity index (χ2v) is 11.0. The van der Waals surface area contributed by atoms with Crippen LogP contribution in [-0.2, 0) is 5.41 Å². The van der Waals surface area contributed by atoms with E-state index >= 15 is 0 Å². The molecule has 186 valence electrons. The highest BCUT2D eigenvalue weighted by molar-refractivity contribution is 6.13. The van der Waals surface area contributed by atoms with Gasteiger partial charge in [0.25, 0.3) is 0 Å². The maximum atomic E-state index is 6.72. The highest BCUT2D eigenvalue weighted by Crippen LogP contribution is 2.64. The van der Waals surface area contributed by atoms with Crippen molar-refractivity contribution in [3.8, 4) is 28.3 Å². The van der Waals surface area contributed by atoms with Crippen LogP contribution in [0, 0.1) is 0 Å². The third-order valence-corrected chi connectivity index (χ3v) is 9.18. The molecule has 3 nitrogen and oxygen atoms in total. The number of hydrogen-bond donors (Lipinski definition) is 1. The first-order chi connectivity index (χ1) is 19.9. The summed E-state index contributed by atoms with van der Waals surface area (Å²) in [5.74, 6) is 1.75. The van der Waals surface area contributed by atoms with E-state index in [1.165, 1.54) is 60.9 Å². The van der Waals surface area contributed by atoms with Gasteiger partial charge in [-0.05, 0) is 58.1 Å². The summed E-state index contributed by atoms with van der Waals surface area (Å²) in [7, 11) is 0. The molecule has 1 N–H and O–H groups in total. The monoisotopic (exact) mass is 510 g/mol. The highest BCUT2D eigenvalue weighted by Gasteiger charge is 2.52. The Morgan fingerprint density at radius 1 is 0.550 bits per heavy atom. The van der Waals surface area contributed by atoms with Gasteiger partial charge in [0.05, 0.1) is 33.5 Å². The third kappa shape index (κ3) is 2.22. The van der Waals surface area contributed by atoms with Crippen molar-refractivity contribution in [2.24, 2.45) is 0 Å². The number of fused-ring (bicyclic) bond motifs is 15. The average molecular weight is 511 g/mol. The number of rotatable bonds is 0. The van der Waals surface area contributed by atoms with Gasteiger partial charge in [-0.15, -0.1) is 0 Å². The lowest BCUT2D eigenvalue weighted by atomic mass is 9.65. The summed E-state index contributed by atoms with van der Waals surface area (Å²) in [6, 6.07) is 46.2. The summed E-state index contributed by atoms with van der Waals surface area (Å²) in [6.45, 7) is 0. The third-order valence-electron chi connectivity index (χ3n) is 9.18. The summed E-state index contributed by atoms with van der Waals surface area (Å²) in [6.07, 6.45) is 0. The molecule has 3 heteroatoms. The fraction of sp³-hybridized carbons (Fsp3) is 0.0270. The Hall–Kier alpha value is -5.28. The fourth-order valence-corrected chi connectivity index (χ4v) is 7.74. The van der Waals surface area contributed by atoms with Gasteiger partial charge in [-0.2, -0.15) is 0 Å². The van der Waals surface area contributed by atoms with E-state index in [1.54, 1.807) is 0 Å². The lowest BCUT2D eigenvalue weighted by molar-refractivity contribution is 0.482. The zero-order chi connectivity index (χ0) is 26.0. The van der Waals surface area contributed by atoms with Crippen LogP contribution in [0.15, 0.2) is 127 Å². The Morgan fingerprint density at radius 2 is 1.30 bits per heavy atom. The molecule has 0 saturated heterocycles. The number of anilines is 2. The minimum absolute atomic E-state index is 0.470. The molecule has 0 bridgehead atoms. The lowest BCUT2D eigenvalue weighted by Gasteiger charge is -2.39. The molecular formula is C37H22N2O. The van der Waals surface area contributed by atoms with E-state index in [1.807, 2.05) is 18.2 Å². The molecule has 1 aliphatic carbocycles. The second-order valence-electron chi connectivity index (χ2n) is 11.0. The van der Waals surface area contributed by atoms with Crippen molar-refractivity contribution in [2.75, 3.05) is 5.32 Å². The minimum atomic E-state index is -0.470. The molecule has 1 spiro atoms. The molecule has 6 aromatic carbocycles. The number of aromatic nitrogens is 1. The van der Waals surface area contributed by atoms with Gasteiger partial charge in [0.2, 0.25) is 0 Å². The molecule has 0 saturated carbocycles. The molecule has 3 aliphatic rings. The number of hydrogen-bond acceptors (Lipinski definition) is 2. The van der Waals surface area contributed by atoms with Gasteiger partial charge in [-0.1, -0.05) is 97.1 Å². The van der Waals surface area contributed by atoms with E-state index in [4.69, 9.17) is 4.74 Å². The van der Waals surface area contributed by atoms with Gasteiger partial charge < -0.3 is 14.6 Å². The SMILES string of the molecule is c1ccc2c(c1)Nc1ccc3c(c1O2)-c1ccccc1C31c2ccccc2-n2c3ccccc3c3cccc1c32. The van der Waals surface area contributed by atoms with E-state index < -0.39 is 5.41 Å². The Balaban J connectivity index is 1.41. The summed E-state index contributed by atoms with van der Waals surface area (Å²) in [4.78, 5) is 0. The van der Waals surface area contributed by atoms with Crippen molar-refractivity contribution >= 4 is 33.2 Å². The van der Waals surface area contributed by atoms with Gasteiger partial charge in [-0.25, -0.2) is 0 Å². The average Bonchev–Trinajstić information content (AvgIpc) is 3.51. The molecular weight excluding hydrogens is 488 g/mol. The smallest absolute Gasteiger partial charge is 0.159 e. The fourth-order valence-electron chi connectivity index (χ4n) is 7.74. The van der Waals surface area contributed by atoms with Crippen molar-refractivity contribution in [1.29, 1.82) is 0 Å². The Labute approximate surface area is 230 Å². The van der Waals surface area contributed by atoms with Crippen LogP contribution in [0.4, 0.5) is 11.4 Å². The van der Waals surface area contributed by atoms with E-state index in [0.29, 0.717) is 0 Å². The Kier molecular flexibility index (Phi) is 3.62. The van der Waals surface area contributed by atoms with Gasteiger partial charge in [-0.3, -0.25) is 0 Å². The van der Waals surface area contributed by atoms with Crippen LogP contribution >= 0.6 is 0 Å². The topological polar surface area (TPSA) is 26.2 Å². The summed E-state index contributed by atoms with van der Waals surface area (Å²) < 4.78 is 9.20. The lowest BCUT2D eigenvalue weighted by Crippen LogP contribution is -2.33. The number of benzene rings is 6. The molecule has 1 unspecified atom stereocenters. The van der Waals surface area contributed by atoms with E-state index in [0.717, 1.165) is 22.9 Å². The molecule has 1 aromatic heterocycles. The highest BCUT2D eigenvalue weighted by atomic mass is 16.5. The number of ether oxygens (including phenoxy) is 1. The van der Waals surface area contributed by atoms with Crippen molar-refractivity contribution in [3.63, 3.8) is 0 Å². The normalized spacial score (nSPS) is 17.0. The minimum Gasteiger partial charge on any atom is -0.452 e. The molecule has 7 aromatic rings. The molecule has 0 radical (unpaired) electrons. The maximum Gasteiger partial charge on any atom is 0.159 e. The molecule has 0 fully saturated rings. The standard InChI is InChI=1S/C37H22N2O/c1-3-13-25-24(11-1)34-27(20-21-30-36(34)40-33-19-8-5-16-29(33)38-30)37(25)26-14-4-7-18-32(26)39-31-17-6-2-10-22(31)23-12-9-15-28(37)35(23)39/h1-21,38H. The van der Waals surface area contributed by atoms with Crippen molar-refractivity contribution < 1.29 is 4.74 Å². The zero-order valence-electron chi connectivity index (χ0n) is 21.5. The van der Waals surface area contributed by atoms with E-state index in [2.05, 4.69) is 119 Å². The van der Waals surface area contributed by atoms with Gasteiger partial charge in [0, 0.05) is 16.3 Å². The first-order valence-electron chi connectivity index (χ1n) is 13.8. The van der Waals surface area contributed by atoms with Crippen LogP contribution in [-0.4, -0.2) is 4.57 Å². The largest absolute Gasteiger partial charge is 0.452 e. The predicted molar refractivity (Wildman–Crippen MR) is 161 cm³/mol. The molecule has 0 amide bonds. The molecule has 10 rings (SSSR count). The van der Waals surface area contributed by atoms with Crippen molar-refractivity contribution in [3.05, 3.63) is 150 Å². The van der Waals surface area contributed by atoms with Crippen LogP contribution in [0.5, 0.6) is 11.5 Å². The molecule has 40 heavy (non-hydrogen) atoms. The first kappa shape index (κ1) is 20.7. The molecule has 2 aliphatic heterocycles. The van der Waals surface area contributed by atoms with Gasteiger partial charge in [0.1, 0.15) is 0 Å². The number of nitrogens with zero attached hydrogens (tertiary/aromatic N) is 1. The van der Waals surface area contributed by atoms with Crippen LogP contribution in [0.1, 0.15) is 22.3 Å². The van der Waals surface area contributed by atoms with Crippen LogP contribution in [0.2, 0.25) is 0 Å². The summed E-state index contributed by atoms with van der Waals surface area (Å²) in [5, 5.41) is 6.21. The van der Waals surface area contributed by atoms with E-state index in [-0.39, 0.29) is 0 Å². The maximum absolute atomic E-state index is 6.72. The Morgan fingerprint density at radius 3 is 2.27 bits per heavy atom. The molecule has 3 heterocycles. The van der Waals surface area contributed by atoms with Crippen molar-refractivity contribution in [2.45, 2.75) is 5.41 Å². The summed E-state index contributed by atoms with van der Waals surface area (Å²) >= 11 is 0. The van der Waals surface area contributed by atoms with Gasteiger partial charge in [0.15, 0.2) is 11.5 Å². The Bertz CT molecular complexity index is 2240.